The van der Waals surface area contributed by atoms with E-state index in [2.05, 4.69) is 0 Å². The van der Waals surface area contributed by atoms with Gasteiger partial charge in [0.25, 0.3) is 0 Å². The molecule has 0 saturated carbocycles. The number of para-hydroxylation sites is 2. The largest absolute Gasteiger partial charge is 0.490 e. The molecular weight excluding hydrogens is 274 g/mol. The highest BCUT2D eigenvalue weighted by atomic mass is 16.5. The maximum atomic E-state index is 6.22. The van der Waals surface area contributed by atoms with Crippen molar-refractivity contribution in [2.24, 2.45) is 0 Å². The Bertz CT molecular complexity index is 633. The minimum absolute atomic E-state index is 0.609. The molecule has 116 valence electrons. The first-order valence-electron chi connectivity index (χ1n) is 7.46. The Morgan fingerprint density at radius 2 is 1.50 bits per heavy atom. The van der Waals surface area contributed by atoms with E-state index in [4.69, 9.17) is 9.47 Å². The summed E-state index contributed by atoms with van der Waals surface area (Å²) in [5.41, 5.74) is 2.09. The topological polar surface area (TPSA) is 21.7 Å². The number of benzene rings is 2. The monoisotopic (exact) mass is 297 g/mol. The molecule has 22 heavy (non-hydrogen) atoms. The van der Waals surface area contributed by atoms with Crippen molar-refractivity contribution in [2.45, 2.75) is 13.8 Å². The molecule has 0 radical (unpaired) electrons. The highest BCUT2D eigenvalue weighted by Crippen LogP contribution is 2.32. The lowest BCUT2D eigenvalue weighted by Crippen LogP contribution is -2.13. The molecule has 0 saturated heterocycles. The van der Waals surface area contributed by atoms with Gasteiger partial charge >= 0.3 is 0 Å². The summed E-state index contributed by atoms with van der Waals surface area (Å²) in [6.07, 6.45) is 0. The summed E-state index contributed by atoms with van der Waals surface area (Å²) in [6.45, 7) is 4.62. The zero-order valence-electron chi connectivity index (χ0n) is 13.7. The third kappa shape index (κ3) is 3.82. The predicted molar refractivity (Wildman–Crippen MR) is 91.0 cm³/mol. The molecule has 2 rings (SSSR count). The first kappa shape index (κ1) is 16.0. The second kappa shape index (κ2) is 7.55. The standard InChI is InChI=1S/C19H23NO2/c1-5-21-17-13-9-10-14-18(17)22-19(15(2)20(3)4)16-11-7-6-8-12-16/h6-14H,5H2,1-4H3. The fourth-order valence-corrected chi connectivity index (χ4v) is 2.05. The minimum atomic E-state index is 0.609. The van der Waals surface area contributed by atoms with E-state index in [1.165, 1.54) is 0 Å². The second-order valence-corrected chi connectivity index (χ2v) is 5.16. The first-order valence-corrected chi connectivity index (χ1v) is 7.46. The van der Waals surface area contributed by atoms with E-state index in [-0.39, 0.29) is 0 Å². The van der Waals surface area contributed by atoms with Crippen LogP contribution in [0.15, 0.2) is 60.3 Å². The number of ether oxygens (including phenoxy) is 2. The molecule has 0 atom stereocenters. The normalized spacial score (nSPS) is 11.6. The molecule has 0 bridgehead atoms. The van der Waals surface area contributed by atoms with Gasteiger partial charge in [0, 0.05) is 19.7 Å². The molecule has 3 nitrogen and oxygen atoms in total. The maximum Gasteiger partial charge on any atom is 0.169 e. The van der Waals surface area contributed by atoms with Crippen molar-refractivity contribution in [1.82, 2.24) is 4.90 Å². The van der Waals surface area contributed by atoms with Crippen molar-refractivity contribution in [3.63, 3.8) is 0 Å². The molecule has 0 unspecified atom stereocenters. The molecule has 0 amide bonds. The van der Waals surface area contributed by atoms with Crippen LogP contribution < -0.4 is 9.47 Å². The summed E-state index contributed by atoms with van der Waals surface area (Å²) in [6, 6.07) is 17.9. The zero-order valence-corrected chi connectivity index (χ0v) is 13.7. The van der Waals surface area contributed by atoms with E-state index in [0.717, 1.165) is 28.5 Å². The van der Waals surface area contributed by atoms with Gasteiger partial charge in [-0.05, 0) is 26.0 Å². The van der Waals surface area contributed by atoms with Crippen molar-refractivity contribution in [2.75, 3.05) is 20.7 Å². The van der Waals surface area contributed by atoms with Crippen LogP contribution in [0.1, 0.15) is 19.4 Å². The second-order valence-electron chi connectivity index (χ2n) is 5.16. The smallest absolute Gasteiger partial charge is 0.169 e. The van der Waals surface area contributed by atoms with Gasteiger partial charge in [-0.2, -0.15) is 0 Å². The zero-order chi connectivity index (χ0) is 15.9. The van der Waals surface area contributed by atoms with Gasteiger partial charge in [0.1, 0.15) is 0 Å². The van der Waals surface area contributed by atoms with Gasteiger partial charge in [-0.15, -0.1) is 0 Å². The third-order valence-corrected chi connectivity index (χ3v) is 3.40. The van der Waals surface area contributed by atoms with Crippen molar-refractivity contribution in [3.8, 4) is 11.5 Å². The van der Waals surface area contributed by atoms with Crippen LogP contribution in [0.4, 0.5) is 0 Å². The summed E-state index contributed by atoms with van der Waals surface area (Å²) in [7, 11) is 4.02. The lowest BCUT2D eigenvalue weighted by atomic mass is 10.1. The van der Waals surface area contributed by atoms with Crippen molar-refractivity contribution in [1.29, 1.82) is 0 Å². The molecule has 0 heterocycles. The Kier molecular flexibility index (Phi) is 5.48. The average Bonchev–Trinajstić information content (AvgIpc) is 2.54. The van der Waals surface area contributed by atoms with Gasteiger partial charge in [-0.1, -0.05) is 42.5 Å². The Morgan fingerprint density at radius 3 is 2.09 bits per heavy atom. The van der Waals surface area contributed by atoms with Gasteiger partial charge < -0.3 is 14.4 Å². The van der Waals surface area contributed by atoms with E-state index >= 15 is 0 Å². The van der Waals surface area contributed by atoms with Crippen LogP contribution in [0.2, 0.25) is 0 Å². The van der Waals surface area contributed by atoms with E-state index in [9.17, 15) is 0 Å². The lowest BCUT2D eigenvalue weighted by molar-refractivity contribution is 0.323. The Balaban J connectivity index is 2.43. The summed E-state index contributed by atoms with van der Waals surface area (Å²) >= 11 is 0. The fourth-order valence-electron chi connectivity index (χ4n) is 2.05. The van der Waals surface area contributed by atoms with Gasteiger partial charge in [-0.3, -0.25) is 0 Å². The van der Waals surface area contributed by atoms with Crippen LogP contribution in [-0.2, 0) is 0 Å². The molecular formula is C19H23NO2. The van der Waals surface area contributed by atoms with Crippen LogP contribution in [0, 0.1) is 0 Å². The lowest BCUT2D eigenvalue weighted by Gasteiger charge is -2.20. The Morgan fingerprint density at radius 1 is 0.909 bits per heavy atom. The van der Waals surface area contributed by atoms with E-state index in [0.29, 0.717) is 6.61 Å². The molecule has 2 aromatic rings. The number of rotatable bonds is 6. The van der Waals surface area contributed by atoms with E-state index < -0.39 is 0 Å². The van der Waals surface area contributed by atoms with Crippen LogP contribution in [0.5, 0.6) is 11.5 Å². The predicted octanol–water partition coefficient (Wildman–Crippen LogP) is 4.41. The fraction of sp³-hybridized carbons (Fsp3) is 0.263. The highest BCUT2D eigenvalue weighted by molar-refractivity contribution is 5.65. The highest BCUT2D eigenvalue weighted by Gasteiger charge is 2.13. The van der Waals surface area contributed by atoms with Crippen molar-refractivity contribution in [3.05, 3.63) is 65.9 Å². The molecule has 3 heteroatoms. The van der Waals surface area contributed by atoms with Crippen molar-refractivity contribution < 1.29 is 9.47 Å². The SMILES string of the molecule is CCOc1ccccc1OC(=C(C)N(C)C)c1ccccc1. The number of hydrogen-bond acceptors (Lipinski definition) is 3. The molecule has 2 aromatic carbocycles. The maximum absolute atomic E-state index is 6.22. The summed E-state index contributed by atoms with van der Waals surface area (Å²) in [4.78, 5) is 2.05. The average molecular weight is 297 g/mol. The quantitative estimate of drug-likeness (QED) is 0.737. The van der Waals surface area contributed by atoms with Crippen LogP contribution in [0.25, 0.3) is 5.76 Å². The first-order chi connectivity index (χ1) is 10.6. The molecule has 0 aromatic heterocycles. The van der Waals surface area contributed by atoms with Crippen LogP contribution in [-0.4, -0.2) is 25.6 Å². The van der Waals surface area contributed by atoms with Gasteiger partial charge in [0.2, 0.25) is 0 Å². The van der Waals surface area contributed by atoms with E-state index in [1.807, 2.05) is 87.4 Å². The van der Waals surface area contributed by atoms with Crippen LogP contribution >= 0.6 is 0 Å². The number of nitrogens with zero attached hydrogens (tertiary/aromatic N) is 1. The molecule has 0 aliphatic carbocycles. The Labute approximate surface area is 132 Å². The van der Waals surface area contributed by atoms with Crippen LogP contribution in [0.3, 0.4) is 0 Å². The summed E-state index contributed by atoms with van der Waals surface area (Å²) in [5, 5.41) is 0. The third-order valence-electron chi connectivity index (χ3n) is 3.40. The number of allylic oxidation sites excluding steroid dienone is 1. The van der Waals surface area contributed by atoms with Gasteiger partial charge in [-0.25, -0.2) is 0 Å². The molecule has 0 N–H and O–H groups in total. The summed E-state index contributed by atoms with van der Waals surface area (Å²) < 4.78 is 11.9. The molecule has 0 fully saturated rings. The number of hydrogen-bond donors (Lipinski definition) is 0. The van der Waals surface area contributed by atoms with Gasteiger partial charge in [0.05, 0.1) is 12.3 Å². The van der Waals surface area contributed by atoms with Gasteiger partial charge in [0.15, 0.2) is 17.3 Å². The molecule has 0 aliphatic heterocycles. The van der Waals surface area contributed by atoms with Crippen molar-refractivity contribution >= 4 is 5.76 Å². The Hall–Kier alpha value is -2.42. The minimum Gasteiger partial charge on any atom is -0.490 e. The molecule has 0 aliphatic rings. The summed E-state index contributed by atoms with van der Waals surface area (Å²) in [5.74, 6) is 2.31. The van der Waals surface area contributed by atoms with E-state index in [1.54, 1.807) is 0 Å². The molecule has 0 spiro atoms.